The van der Waals surface area contributed by atoms with E-state index in [0.717, 1.165) is 11.8 Å². The van der Waals surface area contributed by atoms with Gasteiger partial charge in [-0.25, -0.2) is 0 Å². The molecule has 1 heterocycles. The topological polar surface area (TPSA) is 29.1 Å². The lowest BCUT2D eigenvalue weighted by atomic mass is 9.56. The largest absolute Gasteiger partial charge is 0.352 e. The summed E-state index contributed by atoms with van der Waals surface area (Å²) in [7, 11) is 0. The fourth-order valence-electron chi connectivity index (χ4n) is 4.68. The standard InChI is InChI=1S/C14H13NO/c16-14-12-10-6-3-1-2-4-7(6)11(13(12)15-14)9-5-8(9)10/h1-4,8-13H,5H2,(H,15,16)/t8-,9+,10+,11+,12+,13+/m1/s1. The number of hydrogen-bond acceptors (Lipinski definition) is 1. The van der Waals surface area contributed by atoms with Crippen molar-refractivity contribution < 1.29 is 4.79 Å². The average molecular weight is 211 g/mol. The van der Waals surface area contributed by atoms with Gasteiger partial charge in [-0.1, -0.05) is 24.3 Å². The van der Waals surface area contributed by atoms with E-state index in [1.807, 2.05) is 0 Å². The normalized spacial score (nSPS) is 49.6. The molecule has 4 aliphatic carbocycles. The monoisotopic (exact) mass is 211 g/mol. The highest BCUT2D eigenvalue weighted by Gasteiger charge is 2.68. The van der Waals surface area contributed by atoms with E-state index in [2.05, 4.69) is 29.6 Å². The van der Waals surface area contributed by atoms with Crippen LogP contribution in [-0.2, 0) is 4.79 Å². The fourth-order valence-corrected chi connectivity index (χ4v) is 4.68. The Bertz CT molecular complexity index is 523. The third kappa shape index (κ3) is 0.649. The van der Waals surface area contributed by atoms with Gasteiger partial charge in [0.05, 0.1) is 5.92 Å². The van der Waals surface area contributed by atoms with Crippen LogP contribution in [0, 0.1) is 17.8 Å². The number of carbonyl (C=O) groups excluding carboxylic acids is 1. The second-order valence-corrected chi connectivity index (χ2v) is 5.80. The van der Waals surface area contributed by atoms with Gasteiger partial charge in [-0.3, -0.25) is 4.79 Å². The van der Waals surface area contributed by atoms with Gasteiger partial charge in [0.25, 0.3) is 0 Å². The zero-order valence-corrected chi connectivity index (χ0v) is 8.89. The summed E-state index contributed by atoms with van der Waals surface area (Å²) >= 11 is 0. The van der Waals surface area contributed by atoms with Crippen molar-refractivity contribution in [1.29, 1.82) is 0 Å². The Labute approximate surface area is 94.0 Å². The summed E-state index contributed by atoms with van der Waals surface area (Å²) in [5.41, 5.74) is 3.02. The molecule has 16 heavy (non-hydrogen) atoms. The van der Waals surface area contributed by atoms with Crippen molar-refractivity contribution in [3.8, 4) is 0 Å². The minimum Gasteiger partial charge on any atom is -0.352 e. The molecule has 1 N–H and O–H groups in total. The molecule has 6 atom stereocenters. The maximum absolute atomic E-state index is 11.7. The van der Waals surface area contributed by atoms with E-state index < -0.39 is 0 Å². The summed E-state index contributed by atoms with van der Waals surface area (Å²) in [6, 6.07) is 9.27. The molecule has 0 unspecified atom stereocenters. The molecule has 0 spiro atoms. The highest BCUT2D eigenvalue weighted by molar-refractivity contribution is 5.89. The second kappa shape index (κ2) is 2.20. The van der Waals surface area contributed by atoms with E-state index in [0.29, 0.717) is 29.7 Å². The van der Waals surface area contributed by atoms with Crippen molar-refractivity contribution in [2.45, 2.75) is 24.3 Å². The summed E-state index contributed by atoms with van der Waals surface area (Å²) in [5, 5.41) is 3.14. The van der Waals surface area contributed by atoms with Gasteiger partial charge in [-0.15, -0.1) is 0 Å². The van der Waals surface area contributed by atoms with Crippen LogP contribution in [0.25, 0.3) is 0 Å². The maximum atomic E-state index is 11.7. The molecule has 3 fully saturated rings. The average Bonchev–Trinajstić information content (AvgIpc) is 3.07. The van der Waals surface area contributed by atoms with Crippen LogP contribution >= 0.6 is 0 Å². The molecule has 1 aromatic carbocycles. The number of hydrogen-bond donors (Lipinski definition) is 1. The van der Waals surface area contributed by atoms with Gasteiger partial charge in [0.2, 0.25) is 5.91 Å². The zero-order chi connectivity index (χ0) is 10.4. The number of rotatable bonds is 0. The van der Waals surface area contributed by atoms with Crippen molar-refractivity contribution in [2.24, 2.45) is 17.8 Å². The van der Waals surface area contributed by atoms with Crippen LogP contribution in [0.2, 0.25) is 0 Å². The van der Waals surface area contributed by atoms with E-state index in [1.54, 1.807) is 0 Å². The summed E-state index contributed by atoms with van der Waals surface area (Å²) < 4.78 is 0. The molecule has 2 saturated carbocycles. The summed E-state index contributed by atoms with van der Waals surface area (Å²) in [4.78, 5) is 11.7. The van der Waals surface area contributed by atoms with Gasteiger partial charge in [0.15, 0.2) is 0 Å². The van der Waals surface area contributed by atoms with Crippen molar-refractivity contribution >= 4 is 5.91 Å². The maximum Gasteiger partial charge on any atom is 0.226 e. The Balaban J connectivity index is 1.79. The molecule has 0 radical (unpaired) electrons. The number of benzene rings is 1. The lowest BCUT2D eigenvalue weighted by molar-refractivity contribution is -0.140. The van der Waals surface area contributed by atoms with Gasteiger partial charge in [-0.2, -0.15) is 0 Å². The van der Waals surface area contributed by atoms with E-state index >= 15 is 0 Å². The molecule has 0 aromatic heterocycles. The number of amides is 1. The van der Waals surface area contributed by atoms with E-state index in [9.17, 15) is 4.79 Å². The highest BCUT2D eigenvalue weighted by atomic mass is 16.2. The molecule has 2 nitrogen and oxygen atoms in total. The van der Waals surface area contributed by atoms with Gasteiger partial charge in [-0.05, 0) is 29.4 Å². The first-order valence-corrected chi connectivity index (χ1v) is 6.25. The van der Waals surface area contributed by atoms with E-state index in [1.165, 1.54) is 17.5 Å². The third-order valence-electron chi connectivity index (χ3n) is 5.30. The fraction of sp³-hybridized carbons (Fsp3) is 0.500. The molecule has 1 aliphatic heterocycles. The first-order chi connectivity index (χ1) is 7.86. The van der Waals surface area contributed by atoms with E-state index in [-0.39, 0.29) is 0 Å². The smallest absolute Gasteiger partial charge is 0.226 e. The molecule has 6 rings (SSSR count). The molecular formula is C14H13NO. The van der Waals surface area contributed by atoms with Gasteiger partial charge in [0.1, 0.15) is 0 Å². The Hall–Kier alpha value is -1.31. The predicted octanol–water partition coefficient (Wildman–Crippen LogP) is 1.63. The van der Waals surface area contributed by atoms with Crippen LogP contribution in [0.15, 0.2) is 24.3 Å². The Morgan fingerprint density at radius 1 is 1.00 bits per heavy atom. The number of nitrogens with one attached hydrogen (secondary N) is 1. The van der Waals surface area contributed by atoms with Crippen LogP contribution in [0.3, 0.4) is 0 Å². The van der Waals surface area contributed by atoms with Gasteiger partial charge < -0.3 is 5.32 Å². The Morgan fingerprint density at radius 3 is 2.44 bits per heavy atom. The van der Waals surface area contributed by atoms with Crippen molar-refractivity contribution in [3.63, 3.8) is 0 Å². The first kappa shape index (κ1) is 7.88. The molecule has 1 amide bonds. The molecule has 2 heteroatoms. The highest BCUT2D eigenvalue weighted by Crippen LogP contribution is 2.70. The molecule has 1 saturated heterocycles. The molecule has 2 bridgehead atoms. The summed E-state index contributed by atoms with van der Waals surface area (Å²) in [6.45, 7) is 0. The van der Waals surface area contributed by atoms with Crippen LogP contribution in [0.4, 0.5) is 0 Å². The number of carbonyl (C=O) groups is 1. The van der Waals surface area contributed by atoms with Gasteiger partial charge in [0, 0.05) is 17.9 Å². The minimum atomic E-state index is 0.305. The van der Waals surface area contributed by atoms with Gasteiger partial charge >= 0.3 is 0 Å². The second-order valence-electron chi connectivity index (χ2n) is 5.80. The van der Waals surface area contributed by atoms with E-state index in [4.69, 9.17) is 0 Å². The third-order valence-corrected chi connectivity index (χ3v) is 5.30. The molecule has 80 valence electrons. The predicted molar refractivity (Wildman–Crippen MR) is 58.9 cm³/mol. The quantitative estimate of drug-likeness (QED) is 0.649. The molecular weight excluding hydrogens is 198 g/mol. The zero-order valence-electron chi connectivity index (χ0n) is 8.89. The van der Waals surface area contributed by atoms with Crippen LogP contribution < -0.4 is 5.32 Å². The minimum absolute atomic E-state index is 0.305. The van der Waals surface area contributed by atoms with Crippen molar-refractivity contribution in [3.05, 3.63) is 35.4 Å². The van der Waals surface area contributed by atoms with Crippen molar-refractivity contribution in [1.82, 2.24) is 5.32 Å². The lowest BCUT2D eigenvalue weighted by Gasteiger charge is -2.54. The van der Waals surface area contributed by atoms with Crippen LogP contribution in [0.5, 0.6) is 0 Å². The number of β-lactam (4-membered cyclic amide) rings is 1. The summed E-state index contributed by atoms with van der Waals surface area (Å²) in [6.07, 6.45) is 1.35. The molecule has 1 aromatic rings. The van der Waals surface area contributed by atoms with Crippen LogP contribution in [-0.4, -0.2) is 11.9 Å². The lowest BCUT2D eigenvalue weighted by Crippen LogP contribution is -2.67. The summed E-state index contributed by atoms with van der Waals surface area (Å²) in [5.74, 6) is 3.50. The Morgan fingerprint density at radius 2 is 1.69 bits per heavy atom. The SMILES string of the molecule is O=C1N[C@@H]2[C@@H]1[C@H]1c3ccccc3[C@H]2[C@H]2C[C@H]21. The van der Waals surface area contributed by atoms with Crippen molar-refractivity contribution in [2.75, 3.05) is 0 Å². The molecule has 5 aliphatic rings. The first-order valence-electron chi connectivity index (χ1n) is 6.25. The van der Waals surface area contributed by atoms with Crippen LogP contribution in [0.1, 0.15) is 29.4 Å². The Kier molecular flexibility index (Phi) is 1.08.